The highest BCUT2D eigenvalue weighted by molar-refractivity contribution is 5.64. The van der Waals surface area contributed by atoms with Gasteiger partial charge in [-0.1, -0.05) is 0 Å². The fraction of sp³-hybridized carbons (Fsp3) is 0.0833. The summed E-state index contributed by atoms with van der Waals surface area (Å²) in [5.74, 6) is 0.0996. The molecule has 0 aliphatic heterocycles. The zero-order valence-electron chi connectivity index (χ0n) is 8.77. The maximum atomic E-state index is 13.7. The van der Waals surface area contributed by atoms with E-state index in [4.69, 9.17) is 10.5 Å². The SMILES string of the molecule is COc1ccc(-c2cc(N)ccn2)c(F)c1. The molecule has 0 aliphatic rings. The van der Waals surface area contributed by atoms with E-state index >= 15 is 0 Å². The van der Waals surface area contributed by atoms with Crippen LogP contribution in [0.25, 0.3) is 11.3 Å². The highest BCUT2D eigenvalue weighted by Crippen LogP contribution is 2.25. The molecule has 0 bridgehead atoms. The minimum Gasteiger partial charge on any atom is -0.497 e. The van der Waals surface area contributed by atoms with Crippen molar-refractivity contribution in [3.8, 4) is 17.0 Å². The molecule has 0 aliphatic carbocycles. The summed E-state index contributed by atoms with van der Waals surface area (Å²) in [5.41, 5.74) is 7.10. The third-order valence-corrected chi connectivity index (χ3v) is 2.24. The van der Waals surface area contributed by atoms with Crippen LogP contribution < -0.4 is 10.5 Å². The number of methoxy groups -OCH3 is 1. The zero-order chi connectivity index (χ0) is 11.5. The number of benzene rings is 1. The fourth-order valence-electron chi connectivity index (χ4n) is 1.42. The molecule has 0 saturated heterocycles. The summed E-state index contributed by atoms with van der Waals surface area (Å²) in [7, 11) is 1.49. The van der Waals surface area contributed by atoms with Crippen molar-refractivity contribution in [3.05, 3.63) is 42.3 Å². The predicted molar refractivity (Wildman–Crippen MR) is 60.6 cm³/mol. The Kier molecular flexibility index (Phi) is 2.72. The van der Waals surface area contributed by atoms with Crippen molar-refractivity contribution in [1.29, 1.82) is 0 Å². The number of halogens is 1. The van der Waals surface area contributed by atoms with Crippen molar-refractivity contribution in [2.24, 2.45) is 0 Å². The van der Waals surface area contributed by atoms with Crippen molar-refractivity contribution < 1.29 is 9.13 Å². The van der Waals surface area contributed by atoms with Crippen LogP contribution in [0, 0.1) is 5.82 Å². The lowest BCUT2D eigenvalue weighted by Gasteiger charge is -2.05. The van der Waals surface area contributed by atoms with Gasteiger partial charge >= 0.3 is 0 Å². The second-order valence-electron chi connectivity index (χ2n) is 3.32. The molecule has 3 nitrogen and oxygen atoms in total. The normalized spacial score (nSPS) is 10.1. The van der Waals surface area contributed by atoms with Gasteiger partial charge in [-0.2, -0.15) is 0 Å². The van der Waals surface area contributed by atoms with Gasteiger partial charge in [0.2, 0.25) is 0 Å². The van der Waals surface area contributed by atoms with Gasteiger partial charge in [0, 0.05) is 23.5 Å². The molecule has 0 saturated carbocycles. The molecule has 0 amide bonds. The molecule has 0 fully saturated rings. The molecule has 0 radical (unpaired) electrons. The molecular weight excluding hydrogens is 207 g/mol. The number of pyridine rings is 1. The van der Waals surface area contributed by atoms with Crippen LogP contribution in [-0.2, 0) is 0 Å². The molecule has 2 rings (SSSR count). The lowest BCUT2D eigenvalue weighted by atomic mass is 10.1. The fourth-order valence-corrected chi connectivity index (χ4v) is 1.42. The number of rotatable bonds is 2. The molecule has 4 heteroatoms. The van der Waals surface area contributed by atoms with Gasteiger partial charge in [-0.25, -0.2) is 4.39 Å². The minimum atomic E-state index is -0.377. The second kappa shape index (κ2) is 4.18. The number of ether oxygens (including phenoxy) is 1. The summed E-state index contributed by atoms with van der Waals surface area (Å²) in [4.78, 5) is 4.07. The van der Waals surface area contributed by atoms with Gasteiger partial charge in [0.15, 0.2) is 0 Å². The van der Waals surface area contributed by atoms with Gasteiger partial charge < -0.3 is 10.5 Å². The molecule has 82 valence electrons. The number of hydrogen-bond donors (Lipinski definition) is 1. The topological polar surface area (TPSA) is 48.1 Å². The number of nitrogens with two attached hydrogens (primary N) is 1. The molecule has 0 spiro atoms. The molecule has 1 aromatic heterocycles. The maximum Gasteiger partial charge on any atom is 0.136 e. The van der Waals surface area contributed by atoms with Gasteiger partial charge in [-0.3, -0.25) is 4.98 Å². The van der Waals surface area contributed by atoms with Crippen LogP contribution in [0.2, 0.25) is 0 Å². The molecule has 2 aromatic rings. The molecule has 2 N–H and O–H groups in total. The number of nitrogens with zero attached hydrogens (tertiary/aromatic N) is 1. The summed E-state index contributed by atoms with van der Waals surface area (Å²) in [6.07, 6.45) is 1.55. The third-order valence-electron chi connectivity index (χ3n) is 2.24. The highest BCUT2D eigenvalue weighted by atomic mass is 19.1. The molecule has 1 heterocycles. The Bertz CT molecular complexity index is 514. The van der Waals surface area contributed by atoms with Gasteiger partial charge in [0.1, 0.15) is 11.6 Å². The molecular formula is C12H11FN2O. The summed E-state index contributed by atoms with van der Waals surface area (Å²) in [6, 6.07) is 7.91. The number of aromatic nitrogens is 1. The first-order valence-corrected chi connectivity index (χ1v) is 4.76. The van der Waals surface area contributed by atoms with Crippen molar-refractivity contribution in [2.45, 2.75) is 0 Å². The van der Waals surface area contributed by atoms with E-state index in [9.17, 15) is 4.39 Å². The van der Waals surface area contributed by atoms with Crippen molar-refractivity contribution in [3.63, 3.8) is 0 Å². The van der Waals surface area contributed by atoms with Crippen LogP contribution in [0.5, 0.6) is 5.75 Å². The zero-order valence-corrected chi connectivity index (χ0v) is 8.77. The van der Waals surface area contributed by atoms with E-state index in [2.05, 4.69) is 4.98 Å². The Labute approximate surface area is 92.7 Å². The van der Waals surface area contributed by atoms with Gasteiger partial charge in [0.05, 0.1) is 12.8 Å². The molecule has 1 aromatic carbocycles. The third kappa shape index (κ3) is 1.95. The van der Waals surface area contributed by atoms with Crippen molar-refractivity contribution >= 4 is 5.69 Å². The number of nitrogen functional groups attached to an aromatic ring is 1. The summed E-state index contributed by atoms with van der Waals surface area (Å²) in [6.45, 7) is 0. The van der Waals surface area contributed by atoms with E-state index in [0.717, 1.165) is 0 Å². The largest absolute Gasteiger partial charge is 0.497 e. The van der Waals surface area contributed by atoms with E-state index in [-0.39, 0.29) is 5.82 Å². The number of hydrogen-bond acceptors (Lipinski definition) is 3. The van der Waals surface area contributed by atoms with Gasteiger partial charge in [-0.05, 0) is 24.3 Å². The second-order valence-corrected chi connectivity index (χ2v) is 3.32. The summed E-state index contributed by atoms with van der Waals surface area (Å²) < 4.78 is 18.6. The first-order chi connectivity index (χ1) is 7.70. The number of anilines is 1. The van der Waals surface area contributed by atoms with E-state index in [1.165, 1.54) is 13.2 Å². The van der Waals surface area contributed by atoms with Gasteiger partial charge in [-0.15, -0.1) is 0 Å². The van der Waals surface area contributed by atoms with E-state index in [1.54, 1.807) is 30.5 Å². The maximum absolute atomic E-state index is 13.7. The average Bonchev–Trinajstić information content (AvgIpc) is 2.28. The quantitative estimate of drug-likeness (QED) is 0.842. The standard InChI is InChI=1S/C12H11FN2O/c1-16-9-2-3-10(11(13)7-9)12-6-8(14)4-5-15-12/h2-7H,1H3,(H2,14,15). The molecule has 0 unspecified atom stereocenters. The Morgan fingerprint density at radius 1 is 1.25 bits per heavy atom. The van der Waals surface area contributed by atoms with E-state index < -0.39 is 0 Å². The predicted octanol–water partition coefficient (Wildman–Crippen LogP) is 2.48. The Balaban J connectivity index is 2.48. The van der Waals surface area contributed by atoms with Crippen molar-refractivity contribution in [1.82, 2.24) is 4.98 Å². The minimum absolute atomic E-state index is 0.377. The van der Waals surface area contributed by atoms with Crippen LogP contribution in [0.4, 0.5) is 10.1 Å². The highest BCUT2D eigenvalue weighted by Gasteiger charge is 2.07. The van der Waals surface area contributed by atoms with Crippen LogP contribution in [-0.4, -0.2) is 12.1 Å². The van der Waals surface area contributed by atoms with Crippen LogP contribution >= 0.6 is 0 Å². The monoisotopic (exact) mass is 218 g/mol. The first kappa shape index (κ1) is 10.4. The summed E-state index contributed by atoms with van der Waals surface area (Å²) >= 11 is 0. The Hall–Kier alpha value is -2.10. The van der Waals surface area contributed by atoms with Crippen LogP contribution in [0.15, 0.2) is 36.5 Å². The summed E-state index contributed by atoms with van der Waals surface area (Å²) in [5, 5.41) is 0. The van der Waals surface area contributed by atoms with E-state index in [1.807, 2.05) is 0 Å². The Morgan fingerprint density at radius 2 is 2.06 bits per heavy atom. The first-order valence-electron chi connectivity index (χ1n) is 4.76. The van der Waals surface area contributed by atoms with Crippen LogP contribution in [0.3, 0.4) is 0 Å². The molecule has 0 atom stereocenters. The Morgan fingerprint density at radius 3 is 2.69 bits per heavy atom. The van der Waals surface area contributed by atoms with Crippen LogP contribution in [0.1, 0.15) is 0 Å². The van der Waals surface area contributed by atoms with E-state index in [0.29, 0.717) is 22.7 Å². The van der Waals surface area contributed by atoms with Gasteiger partial charge in [0.25, 0.3) is 0 Å². The lowest BCUT2D eigenvalue weighted by Crippen LogP contribution is -1.92. The molecule has 16 heavy (non-hydrogen) atoms. The average molecular weight is 218 g/mol. The lowest BCUT2D eigenvalue weighted by molar-refractivity contribution is 0.411. The van der Waals surface area contributed by atoms with Crippen molar-refractivity contribution in [2.75, 3.05) is 12.8 Å². The smallest absolute Gasteiger partial charge is 0.136 e.